The molecule has 6 nitrogen and oxygen atoms in total. The van der Waals surface area contributed by atoms with Crippen LogP contribution in [0.2, 0.25) is 5.02 Å². The van der Waals surface area contributed by atoms with Crippen molar-refractivity contribution in [1.82, 2.24) is 14.9 Å². The van der Waals surface area contributed by atoms with Crippen molar-refractivity contribution in [2.24, 2.45) is 0 Å². The highest BCUT2D eigenvalue weighted by molar-refractivity contribution is 7.91. The van der Waals surface area contributed by atoms with Crippen LogP contribution < -0.4 is 4.72 Å². The maximum absolute atomic E-state index is 12.8. The zero-order chi connectivity index (χ0) is 19.6. The van der Waals surface area contributed by atoms with Gasteiger partial charge in [0, 0.05) is 10.6 Å². The number of nitrogens with zero attached hydrogens (tertiary/aromatic N) is 2. The molecule has 4 aromatic rings. The topological polar surface area (TPSA) is 85.1 Å². The molecule has 2 heterocycles. The van der Waals surface area contributed by atoms with E-state index in [0.29, 0.717) is 16.5 Å². The summed E-state index contributed by atoms with van der Waals surface area (Å²) in [6, 6.07) is 18.4. The normalized spacial score (nSPS) is 12.8. The minimum Gasteiger partial charge on any atom is -0.419 e. The molecule has 2 aromatic heterocycles. The number of nitrogens with one attached hydrogen (secondary N) is 1. The van der Waals surface area contributed by atoms with Gasteiger partial charge >= 0.3 is 0 Å². The lowest BCUT2D eigenvalue weighted by Crippen LogP contribution is -2.29. The van der Waals surface area contributed by atoms with Crippen molar-refractivity contribution in [2.45, 2.75) is 10.3 Å². The molecule has 9 heteroatoms. The molecule has 1 N–H and O–H groups in total. The quantitative estimate of drug-likeness (QED) is 0.485. The average molecular weight is 432 g/mol. The summed E-state index contributed by atoms with van der Waals surface area (Å²) in [5, 5.41) is 10.2. The summed E-state index contributed by atoms with van der Waals surface area (Å²) in [5.74, 6) is 0.398. The van der Waals surface area contributed by atoms with Gasteiger partial charge in [0.2, 0.25) is 11.8 Å². The Bertz CT molecular complexity index is 1180. The van der Waals surface area contributed by atoms with Crippen molar-refractivity contribution in [1.29, 1.82) is 0 Å². The second kappa shape index (κ2) is 7.84. The summed E-state index contributed by atoms with van der Waals surface area (Å²) in [6.45, 7) is 0. The van der Waals surface area contributed by atoms with E-state index in [1.165, 1.54) is 6.07 Å². The molecule has 0 aliphatic rings. The number of hydrogen-bond donors (Lipinski definition) is 1. The van der Waals surface area contributed by atoms with Crippen LogP contribution in [-0.4, -0.2) is 18.6 Å². The third-order valence-corrected chi connectivity index (χ3v) is 7.12. The van der Waals surface area contributed by atoms with Gasteiger partial charge in [0.15, 0.2) is 0 Å². The fourth-order valence-electron chi connectivity index (χ4n) is 2.63. The second-order valence-corrected chi connectivity index (χ2v) is 9.12. The van der Waals surface area contributed by atoms with Gasteiger partial charge in [-0.15, -0.1) is 21.5 Å². The molecule has 142 valence electrons. The van der Waals surface area contributed by atoms with E-state index in [1.807, 2.05) is 30.3 Å². The summed E-state index contributed by atoms with van der Waals surface area (Å²) in [7, 11) is -3.80. The standard InChI is InChI=1S/C19H14ClN3O3S2/c20-15-10-5-4-9-14(15)17(23-28(24,25)16-11-6-12-27-16)19-22-21-18(26-19)13-7-2-1-3-8-13/h1-12,17,23H/t17-/m0/s1. The largest absolute Gasteiger partial charge is 0.419 e. The molecule has 0 amide bonds. The number of halogens is 1. The summed E-state index contributed by atoms with van der Waals surface area (Å²) >= 11 is 7.44. The lowest BCUT2D eigenvalue weighted by molar-refractivity contribution is 0.465. The van der Waals surface area contributed by atoms with Crippen LogP contribution in [0.3, 0.4) is 0 Å². The average Bonchev–Trinajstić information content (AvgIpc) is 3.40. The van der Waals surface area contributed by atoms with Crippen LogP contribution >= 0.6 is 22.9 Å². The van der Waals surface area contributed by atoms with Gasteiger partial charge in [0.1, 0.15) is 10.3 Å². The van der Waals surface area contributed by atoms with E-state index >= 15 is 0 Å². The van der Waals surface area contributed by atoms with E-state index in [0.717, 1.165) is 16.9 Å². The molecule has 0 saturated carbocycles. The number of hydrogen-bond acceptors (Lipinski definition) is 6. The molecule has 0 aliphatic carbocycles. The maximum atomic E-state index is 12.8. The number of rotatable bonds is 6. The Balaban J connectivity index is 1.76. The SMILES string of the molecule is O=S(=O)(N[C@H](c1nnc(-c2ccccc2)o1)c1ccccc1Cl)c1cccs1. The van der Waals surface area contributed by atoms with Crippen LogP contribution in [0.1, 0.15) is 17.5 Å². The summed E-state index contributed by atoms with van der Waals surface area (Å²) < 4.78 is 34.2. The lowest BCUT2D eigenvalue weighted by atomic mass is 10.1. The van der Waals surface area contributed by atoms with Gasteiger partial charge in [-0.2, -0.15) is 4.72 Å². The highest BCUT2D eigenvalue weighted by Crippen LogP contribution is 2.31. The van der Waals surface area contributed by atoms with Crippen LogP contribution in [0, 0.1) is 0 Å². The first-order valence-corrected chi connectivity index (χ1v) is 11.0. The molecule has 28 heavy (non-hydrogen) atoms. The fourth-order valence-corrected chi connectivity index (χ4v) is 5.06. The number of sulfonamides is 1. The van der Waals surface area contributed by atoms with Crippen molar-refractivity contribution in [3.05, 3.63) is 88.6 Å². The molecular formula is C19H14ClN3O3S2. The molecule has 0 spiro atoms. The minimum absolute atomic E-state index is 0.104. The summed E-state index contributed by atoms with van der Waals surface area (Å²) in [5.41, 5.74) is 1.26. The van der Waals surface area contributed by atoms with E-state index < -0.39 is 16.1 Å². The Morgan fingerprint density at radius 1 is 0.964 bits per heavy atom. The third-order valence-electron chi connectivity index (χ3n) is 3.96. The van der Waals surface area contributed by atoms with Crippen molar-refractivity contribution >= 4 is 33.0 Å². The zero-order valence-electron chi connectivity index (χ0n) is 14.3. The lowest BCUT2D eigenvalue weighted by Gasteiger charge is -2.16. The molecule has 2 aromatic carbocycles. The number of benzene rings is 2. The van der Waals surface area contributed by atoms with Crippen LogP contribution in [-0.2, 0) is 10.0 Å². The van der Waals surface area contributed by atoms with Crippen molar-refractivity contribution < 1.29 is 12.8 Å². The molecule has 0 fully saturated rings. The smallest absolute Gasteiger partial charge is 0.251 e. The number of thiophene rings is 1. The molecular weight excluding hydrogens is 418 g/mol. The molecule has 0 saturated heterocycles. The Labute approximate surface area is 170 Å². The van der Waals surface area contributed by atoms with Gasteiger partial charge in [0.25, 0.3) is 10.0 Å². The van der Waals surface area contributed by atoms with Gasteiger partial charge in [-0.05, 0) is 35.2 Å². The fraction of sp³-hybridized carbons (Fsp3) is 0.0526. The monoisotopic (exact) mass is 431 g/mol. The van der Waals surface area contributed by atoms with Gasteiger partial charge < -0.3 is 4.42 Å². The van der Waals surface area contributed by atoms with E-state index in [4.69, 9.17) is 16.0 Å². The highest BCUT2D eigenvalue weighted by Gasteiger charge is 2.29. The predicted molar refractivity (Wildman–Crippen MR) is 108 cm³/mol. The Kier molecular flexibility index (Phi) is 5.27. The first-order valence-electron chi connectivity index (χ1n) is 8.24. The van der Waals surface area contributed by atoms with E-state index in [-0.39, 0.29) is 10.1 Å². The first-order chi connectivity index (χ1) is 13.5. The number of aromatic nitrogens is 2. The Morgan fingerprint density at radius 3 is 2.43 bits per heavy atom. The van der Waals surface area contributed by atoms with Crippen LogP contribution in [0.4, 0.5) is 0 Å². The van der Waals surface area contributed by atoms with Crippen molar-refractivity contribution in [2.75, 3.05) is 0 Å². The van der Waals surface area contributed by atoms with Gasteiger partial charge in [-0.1, -0.05) is 54.1 Å². The van der Waals surface area contributed by atoms with Crippen LogP contribution in [0.25, 0.3) is 11.5 Å². The van der Waals surface area contributed by atoms with Crippen molar-refractivity contribution in [3.63, 3.8) is 0 Å². The van der Waals surface area contributed by atoms with Gasteiger partial charge in [-0.25, -0.2) is 8.42 Å². The predicted octanol–water partition coefficient (Wildman–Crippen LogP) is 4.52. The Morgan fingerprint density at radius 2 is 1.71 bits per heavy atom. The van der Waals surface area contributed by atoms with E-state index in [2.05, 4.69) is 14.9 Å². The molecule has 0 unspecified atom stereocenters. The molecule has 4 rings (SSSR count). The third kappa shape index (κ3) is 3.85. The van der Waals surface area contributed by atoms with Crippen LogP contribution in [0.15, 0.2) is 80.7 Å². The second-order valence-electron chi connectivity index (χ2n) is 5.82. The molecule has 0 bridgehead atoms. The minimum atomic E-state index is -3.80. The van der Waals surface area contributed by atoms with E-state index in [9.17, 15) is 8.42 Å². The van der Waals surface area contributed by atoms with E-state index in [1.54, 1.807) is 35.7 Å². The van der Waals surface area contributed by atoms with Crippen LogP contribution in [0.5, 0.6) is 0 Å². The Hall–Kier alpha value is -2.52. The van der Waals surface area contributed by atoms with Crippen molar-refractivity contribution in [3.8, 4) is 11.5 Å². The summed E-state index contributed by atoms with van der Waals surface area (Å²) in [4.78, 5) is 0. The first kappa shape index (κ1) is 18.8. The zero-order valence-corrected chi connectivity index (χ0v) is 16.7. The molecule has 0 aliphatic heterocycles. The van der Waals surface area contributed by atoms with Gasteiger partial charge in [0.05, 0.1) is 0 Å². The maximum Gasteiger partial charge on any atom is 0.251 e. The molecule has 1 atom stereocenters. The molecule has 0 radical (unpaired) electrons. The highest BCUT2D eigenvalue weighted by atomic mass is 35.5. The van der Waals surface area contributed by atoms with Gasteiger partial charge in [-0.3, -0.25) is 0 Å². The summed E-state index contributed by atoms with van der Waals surface area (Å²) in [6.07, 6.45) is 0.